The molecule has 0 saturated carbocycles. The minimum Gasteiger partial charge on any atom is -0.340 e. The number of nitrogens with zero attached hydrogens (tertiary/aromatic N) is 1. The Bertz CT molecular complexity index is 970. The molecule has 0 bridgehead atoms. The van der Waals surface area contributed by atoms with Crippen LogP contribution in [0, 0.1) is 0 Å². The van der Waals surface area contributed by atoms with Gasteiger partial charge in [-0.1, -0.05) is 74.5 Å². The first-order valence-corrected chi connectivity index (χ1v) is 10.3. The summed E-state index contributed by atoms with van der Waals surface area (Å²) in [6.45, 7) is 5.65. The zero-order valence-electron chi connectivity index (χ0n) is 16.5. The van der Waals surface area contributed by atoms with E-state index in [2.05, 4.69) is 91.2 Å². The SMILES string of the molecule is CCC(C)c1ccc(CCCCn2c3ccccc3c3ccccc32)cc1. The van der Waals surface area contributed by atoms with E-state index < -0.39 is 0 Å². The lowest BCUT2D eigenvalue weighted by molar-refractivity contribution is 0.636. The van der Waals surface area contributed by atoms with Crippen LogP contribution in [0.15, 0.2) is 72.8 Å². The van der Waals surface area contributed by atoms with Crippen LogP contribution in [0.2, 0.25) is 0 Å². The third-order valence-corrected chi connectivity index (χ3v) is 5.94. The Morgan fingerprint density at radius 2 is 1.33 bits per heavy atom. The molecular formula is C26H29N. The standard InChI is InChI=1S/C26H29N/c1-3-20(2)22-17-15-21(16-18-22)10-8-9-19-27-25-13-6-4-11-23(25)24-12-5-7-14-26(24)27/h4-7,11-18,20H,3,8-10,19H2,1-2H3. The number of hydrogen-bond acceptors (Lipinski definition) is 0. The summed E-state index contributed by atoms with van der Waals surface area (Å²) >= 11 is 0. The molecule has 0 amide bonds. The van der Waals surface area contributed by atoms with Gasteiger partial charge in [0.05, 0.1) is 0 Å². The van der Waals surface area contributed by atoms with Crippen LogP contribution in [0.4, 0.5) is 0 Å². The molecule has 0 fully saturated rings. The van der Waals surface area contributed by atoms with Gasteiger partial charge in [-0.15, -0.1) is 0 Å². The van der Waals surface area contributed by atoms with E-state index in [-0.39, 0.29) is 0 Å². The first kappa shape index (κ1) is 17.9. The number of aromatic nitrogens is 1. The molecule has 0 saturated heterocycles. The van der Waals surface area contributed by atoms with Crippen LogP contribution in [0.3, 0.4) is 0 Å². The van der Waals surface area contributed by atoms with Crippen molar-refractivity contribution in [1.29, 1.82) is 0 Å². The molecular weight excluding hydrogens is 326 g/mol. The fourth-order valence-electron chi connectivity index (χ4n) is 4.09. The highest BCUT2D eigenvalue weighted by Gasteiger charge is 2.09. The molecule has 0 N–H and O–H groups in total. The molecule has 1 heterocycles. The van der Waals surface area contributed by atoms with Gasteiger partial charge >= 0.3 is 0 Å². The average molecular weight is 356 g/mol. The summed E-state index contributed by atoms with van der Waals surface area (Å²) in [4.78, 5) is 0. The number of para-hydroxylation sites is 2. The topological polar surface area (TPSA) is 4.93 Å². The molecule has 27 heavy (non-hydrogen) atoms. The molecule has 1 aromatic heterocycles. The van der Waals surface area contributed by atoms with E-state index in [4.69, 9.17) is 0 Å². The van der Waals surface area contributed by atoms with E-state index in [0.717, 1.165) is 13.0 Å². The van der Waals surface area contributed by atoms with Gasteiger partial charge in [-0.05, 0) is 54.9 Å². The maximum Gasteiger partial charge on any atom is 0.0491 e. The van der Waals surface area contributed by atoms with E-state index in [0.29, 0.717) is 5.92 Å². The number of aryl methyl sites for hydroxylation is 2. The van der Waals surface area contributed by atoms with Crippen molar-refractivity contribution in [3.05, 3.63) is 83.9 Å². The van der Waals surface area contributed by atoms with Crippen molar-refractivity contribution >= 4 is 21.8 Å². The lowest BCUT2D eigenvalue weighted by atomic mass is 9.96. The smallest absolute Gasteiger partial charge is 0.0491 e. The van der Waals surface area contributed by atoms with Crippen LogP contribution >= 0.6 is 0 Å². The molecule has 4 aromatic rings. The normalized spacial score (nSPS) is 12.7. The molecule has 0 radical (unpaired) electrons. The van der Waals surface area contributed by atoms with E-state index >= 15 is 0 Å². The summed E-state index contributed by atoms with van der Waals surface area (Å²) < 4.78 is 2.50. The van der Waals surface area contributed by atoms with Crippen LogP contribution in [0.1, 0.15) is 50.2 Å². The van der Waals surface area contributed by atoms with Crippen LogP contribution in [-0.2, 0) is 13.0 Å². The van der Waals surface area contributed by atoms with Crippen molar-refractivity contribution in [3.63, 3.8) is 0 Å². The van der Waals surface area contributed by atoms with Crippen molar-refractivity contribution in [2.45, 2.75) is 52.0 Å². The van der Waals surface area contributed by atoms with Crippen molar-refractivity contribution < 1.29 is 0 Å². The Hall–Kier alpha value is -2.54. The zero-order chi connectivity index (χ0) is 18.6. The lowest BCUT2D eigenvalue weighted by Crippen LogP contribution is -1.99. The van der Waals surface area contributed by atoms with Gasteiger partial charge in [0.2, 0.25) is 0 Å². The first-order chi connectivity index (χ1) is 13.3. The summed E-state index contributed by atoms with van der Waals surface area (Å²) in [6, 6.07) is 26.8. The predicted octanol–water partition coefficient (Wildman–Crippen LogP) is 7.33. The molecule has 1 unspecified atom stereocenters. The Balaban J connectivity index is 1.43. The molecule has 0 aliphatic carbocycles. The second-order valence-corrected chi connectivity index (χ2v) is 7.69. The van der Waals surface area contributed by atoms with Gasteiger partial charge in [-0.25, -0.2) is 0 Å². The Morgan fingerprint density at radius 3 is 1.93 bits per heavy atom. The summed E-state index contributed by atoms with van der Waals surface area (Å²) in [5, 5.41) is 2.74. The van der Waals surface area contributed by atoms with Crippen molar-refractivity contribution in [2.75, 3.05) is 0 Å². The highest BCUT2D eigenvalue weighted by Crippen LogP contribution is 2.29. The van der Waals surface area contributed by atoms with Crippen molar-refractivity contribution in [1.82, 2.24) is 4.57 Å². The maximum absolute atomic E-state index is 2.50. The average Bonchev–Trinajstić information content (AvgIpc) is 3.05. The fourth-order valence-corrected chi connectivity index (χ4v) is 4.09. The molecule has 4 rings (SSSR count). The largest absolute Gasteiger partial charge is 0.340 e. The van der Waals surface area contributed by atoms with Gasteiger partial charge < -0.3 is 4.57 Å². The number of rotatable bonds is 7. The van der Waals surface area contributed by atoms with Gasteiger partial charge in [0.1, 0.15) is 0 Å². The van der Waals surface area contributed by atoms with E-state index in [1.807, 2.05) is 0 Å². The fraction of sp³-hybridized carbons (Fsp3) is 0.308. The van der Waals surface area contributed by atoms with E-state index in [9.17, 15) is 0 Å². The zero-order valence-corrected chi connectivity index (χ0v) is 16.5. The van der Waals surface area contributed by atoms with Crippen LogP contribution in [-0.4, -0.2) is 4.57 Å². The quantitative estimate of drug-likeness (QED) is 0.306. The Kier molecular flexibility index (Phi) is 5.29. The van der Waals surface area contributed by atoms with Crippen LogP contribution < -0.4 is 0 Å². The first-order valence-electron chi connectivity index (χ1n) is 10.3. The minimum atomic E-state index is 0.661. The Labute approximate surface area is 162 Å². The Morgan fingerprint density at radius 1 is 0.741 bits per heavy atom. The van der Waals surface area contributed by atoms with Crippen LogP contribution in [0.5, 0.6) is 0 Å². The molecule has 0 spiro atoms. The van der Waals surface area contributed by atoms with E-state index in [1.54, 1.807) is 0 Å². The minimum absolute atomic E-state index is 0.661. The molecule has 3 aromatic carbocycles. The summed E-state index contributed by atoms with van der Waals surface area (Å²) in [7, 11) is 0. The summed E-state index contributed by atoms with van der Waals surface area (Å²) in [5.74, 6) is 0.661. The monoisotopic (exact) mass is 355 g/mol. The predicted molar refractivity (Wildman–Crippen MR) is 118 cm³/mol. The molecule has 0 aliphatic rings. The van der Waals surface area contributed by atoms with Gasteiger partial charge in [0, 0.05) is 28.4 Å². The van der Waals surface area contributed by atoms with Gasteiger partial charge in [-0.3, -0.25) is 0 Å². The second kappa shape index (κ2) is 8.00. The number of fused-ring (bicyclic) bond motifs is 3. The number of unbranched alkanes of at least 4 members (excludes halogenated alkanes) is 1. The van der Waals surface area contributed by atoms with Crippen LogP contribution in [0.25, 0.3) is 21.8 Å². The highest BCUT2D eigenvalue weighted by molar-refractivity contribution is 6.07. The molecule has 0 aliphatic heterocycles. The number of benzene rings is 3. The molecule has 1 heteroatoms. The number of hydrogen-bond donors (Lipinski definition) is 0. The van der Waals surface area contributed by atoms with Gasteiger partial charge in [-0.2, -0.15) is 0 Å². The third kappa shape index (κ3) is 3.64. The van der Waals surface area contributed by atoms with E-state index in [1.165, 1.54) is 52.2 Å². The van der Waals surface area contributed by atoms with Crippen molar-refractivity contribution in [2.24, 2.45) is 0 Å². The van der Waals surface area contributed by atoms with Crippen molar-refractivity contribution in [3.8, 4) is 0 Å². The van der Waals surface area contributed by atoms with Gasteiger partial charge in [0.25, 0.3) is 0 Å². The second-order valence-electron chi connectivity index (χ2n) is 7.69. The summed E-state index contributed by atoms with van der Waals surface area (Å²) in [6.07, 6.45) is 4.80. The molecule has 138 valence electrons. The molecule has 1 atom stereocenters. The third-order valence-electron chi connectivity index (χ3n) is 5.94. The highest BCUT2D eigenvalue weighted by atomic mass is 15.0. The maximum atomic E-state index is 2.50. The molecule has 1 nitrogen and oxygen atoms in total. The summed E-state index contributed by atoms with van der Waals surface area (Å²) in [5.41, 5.74) is 5.64. The lowest BCUT2D eigenvalue weighted by Gasteiger charge is -2.10. The van der Waals surface area contributed by atoms with Gasteiger partial charge in [0.15, 0.2) is 0 Å².